The molecular weight excluding hydrogens is 166 g/mol. The molecule has 0 aliphatic carbocycles. The predicted octanol–water partition coefficient (Wildman–Crippen LogP) is -0.408. The Labute approximate surface area is 79.3 Å². The highest BCUT2D eigenvalue weighted by atomic mass is 16.2. The minimum atomic E-state index is -0.290. The van der Waals surface area contributed by atoms with E-state index in [2.05, 4.69) is 10.6 Å². The van der Waals surface area contributed by atoms with Crippen molar-refractivity contribution in [2.75, 3.05) is 13.1 Å². The molecule has 0 unspecified atom stereocenters. The van der Waals surface area contributed by atoms with Gasteiger partial charge in [0, 0.05) is 12.1 Å². The second-order valence-corrected chi connectivity index (χ2v) is 4.23. The summed E-state index contributed by atoms with van der Waals surface area (Å²) < 4.78 is 0. The molecule has 1 saturated heterocycles. The average molecular weight is 185 g/mol. The van der Waals surface area contributed by atoms with Gasteiger partial charge in [-0.25, -0.2) is 0 Å². The Morgan fingerprint density at radius 1 is 1.69 bits per heavy atom. The zero-order valence-corrected chi connectivity index (χ0v) is 8.39. The molecule has 4 N–H and O–H groups in total. The van der Waals surface area contributed by atoms with E-state index in [1.165, 1.54) is 0 Å². The number of nitrogens with one attached hydrogen (secondary N) is 2. The van der Waals surface area contributed by atoms with Crippen molar-refractivity contribution in [3.8, 4) is 0 Å². The van der Waals surface area contributed by atoms with E-state index in [9.17, 15) is 4.79 Å². The molecule has 0 aromatic rings. The van der Waals surface area contributed by atoms with Gasteiger partial charge in [-0.3, -0.25) is 4.79 Å². The maximum absolute atomic E-state index is 11.6. The Kier molecular flexibility index (Phi) is 3.27. The van der Waals surface area contributed by atoms with Crippen LogP contribution in [0.4, 0.5) is 0 Å². The summed E-state index contributed by atoms with van der Waals surface area (Å²) in [6.07, 6.45) is 2.02. The molecule has 1 aliphatic heterocycles. The number of hydrogen-bond donors (Lipinski definition) is 3. The highest BCUT2D eigenvalue weighted by Gasteiger charge is 2.26. The number of rotatable bonds is 3. The summed E-state index contributed by atoms with van der Waals surface area (Å²) in [4.78, 5) is 11.6. The first-order chi connectivity index (χ1) is 6.05. The summed E-state index contributed by atoms with van der Waals surface area (Å²) >= 11 is 0. The molecule has 4 nitrogen and oxygen atoms in total. The molecule has 0 aromatic heterocycles. The Balaban J connectivity index is 2.40. The van der Waals surface area contributed by atoms with Crippen LogP contribution in [0.15, 0.2) is 0 Å². The largest absolute Gasteiger partial charge is 0.349 e. The molecular formula is C9H19N3O. The lowest BCUT2D eigenvalue weighted by Gasteiger charge is -2.26. The molecule has 0 radical (unpaired) electrons. The van der Waals surface area contributed by atoms with E-state index in [1.807, 2.05) is 13.8 Å². The van der Waals surface area contributed by atoms with E-state index in [1.54, 1.807) is 0 Å². The van der Waals surface area contributed by atoms with Crippen molar-refractivity contribution in [2.45, 2.75) is 38.3 Å². The number of carbonyl (C=O) groups excluding carboxylic acids is 1. The number of amides is 1. The lowest BCUT2D eigenvalue weighted by atomic mass is 10.1. The Hall–Kier alpha value is -0.610. The van der Waals surface area contributed by atoms with Crippen LogP contribution in [-0.4, -0.2) is 30.6 Å². The fourth-order valence-corrected chi connectivity index (χ4v) is 1.38. The number of hydrogen-bond acceptors (Lipinski definition) is 3. The van der Waals surface area contributed by atoms with Crippen molar-refractivity contribution in [1.82, 2.24) is 10.6 Å². The van der Waals surface area contributed by atoms with Gasteiger partial charge in [-0.2, -0.15) is 0 Å². The standard InChI is InChI=1S/C9H19N3O/c1-9(2,6-10)12-8(13)7-4-3-5-11-7/h7,11H,3-6,10H2,1-2H3,(H,12,13)/t7-/m1/s1. The topological polar surface area (TPSA) is 67.1 Å². The van der Waals surface area contributed by atoms with Crippen molar-refractivity contribution in [2.24, 2.45) is 5.73 Å². The van der Waals surface area contributed by atoms with Gasteiger partial charge in [0.2, 0.25) is 5.91 Å². The van der Waals surface area contributed by atoms with Gasteiger partial charge in [0.05, 0.1) is 6.04 Å². The second kappa shape index (κ2) is 4.07. The number of carbonyl (C=O) groups is 1. The highest BCUT2D eigenvalue weighted by Crippen LogP contribution is 2.07. The van der Waals surface area contributed by atoms with E-state index in [-0.39, 0.29) is 17.5 Å². The molecule has 76 valence electrons. The van der Waals surface area contributed by atoms with Gasteiger partial charge in [0.15, 0.2) is 0 Å². The summed E-state index contributed by atoms with van der Waals surface area (Å²) in [7, 11) is 0. The van der Waals surface area contributed by atoms with Gasteiger partial charge < -0.3 is 16.4 Å². The first-order valence-corrected chi connectivity index (χ1v) is 4.81. The zero-order valence-electron chi connectivity index (χ0n) is 8.39. The van der Waals surface area contributed by atoms with Crippen molar-refractivity contribution in [1.29, 1.82) is 0 Å². The molecule has 1 heterocycles. The molecule has 1 fully saturated rings. The highest BCUT2D eigenvalue weighted by molar-refractivity contribution is 5.82. The van der Waals surface area contributed by atoms with Gasteiger partial charge in [-0.05, 0) is 33.2 Å². The lowest BCUT2D eigenvalue weighted by molar-refractivity contribution is -0.124. The van der Waals surface area contributed by atoms with Crippen molar-refractivity contribution in [3.05, 3.63) is 0 Å². The molecule has 0 bridgehead atoms. The molecule has 0 spiro atoms. The third-order valence-electron chi connectivity index (χ3n) is 2.35. The molecule has 13 heavy (non-hydrogen) atoms. The minimum absolute atomic E-state index is 0.00850. The minimum Gasteiger partial charge on any atom is -0.349 e. The van der Waals surface area contributed by atoms with Crippen LogP contribution < -0.4 is 16.4 Å². The fourth-order valence-electron chi connectivity index (χ4n) is 1.38. The predicted molar refractivity (Wildman–Crippen MR) is 52.3 cm³/mol. The van der Waals surface area contributed by atoms with E-state index < -0.39 is 0 Å². The van der Waals surface area contributed by atoms with Crippen molar-refractivity contribution < 1.29 is 4.79 Å². The van der Waals surface area contributed by atoms with Crippen LogP contribution >= 0.6 is 0 Å². The van der Waals surface area contributed by atoms with Crippen LogP contribution in [0, 0.1) is 0 Å². The zero-order chi connectivity index (χ0) is 9.90. The summed E-state index contributed by atoms with van der Waals surface area (Å²) in [5.74, 6) is 0.0768. The molecule has 0 aromatic carbocycles. The summed E-state index contributed by atoms with van der Waals surface area (Å²) in [5.41, 5.74) is 5.23. The Morgan fingerprint density at radius 2 is 2.38 bits per heavy atom. The second-order valence-electron chi connectivity index (χ2n) is 4.23. The van der Waals surface area contributed by atoms with Gasteiger partial charge in [0.25, 0.3) is 0 Å². The van der Waals surface area contributed by atoms with Crippen LogP contribution in [0.25, 0.3) is 0 Å². The maximum atomic E-state index is 11.6. The van der Waals surface area contributed by atoms with E-state index in [0.717, 1.165) is 19.4 Å². The molecule has 1 aliphatic rings. The normalized spacial score (nSPS) is 23.2. The molecule has 4 heteroatoms. The van der Waals surface area contributed by atoms with Gasteiger partial charge in [0.1, 0.15) is 0 Å². The third-order valence-corrected chi connectivity index (χ3v) is 2.35. The molecule has 0 saturated carbocycles. The van der Waals surface area contributed by atoms with Gasteiger partial charge in [-0.15, -0.1) is 0 Å². The maximum Gasteiger partial charge on any atom is 0.237 e. The van der Waals surface area contributed by atoms with E-state index in [0.29, 0.717) is 6.54 Å². The Bertz CT molecular complexity index is 185. The van der Waals surface area contributed by atoms with Crippen LogP contribution in [0.2, 0.25) is 0 Å². The Morgan fingerprint density at radius 3 is 2.85 bits per heavy atom. The summed E-state index contributed by atoms with van der Waals surface area (Å²) in [6, 6.07) is -0.00850. The van der Waals surface area contributed by atoms with E-state index in [4.69, 9.17) is 5.73 Å². The SMILES string of the molecule is CC(C)(CN)NC(=O)[C@H]1CCCN1. The summed E-state index contributed by atoms with van der Waals surface area (Å²) in [5, 5.41) is 6.07. The van der Waals surface area contributed by atoms with Gasteiger partial charge >= 0.3 is 0 Å². The van der Waals surface area contributed by atoms with Crippen LogP contribution in [0.1, 0.15) is 26.7 Å². The van der Waals surface area contributed by atoms with Gasteiger partial charge in [-0.1, -0.05) is 0 Å². The molecule has 1 amide bonds. The lowest BCUT2D eigenvalue weighted by Crippen LogP contribution is -2.53. The monoisotopic (exact) mass is 185 g/mol. The van der Waals surface area contributed by atoms with Crippen molar-refractivity contribution >= 4 is 5.91 Å². The van der Waals surface area contributed by atoms with Crippen LogP contribution in [0.3, 0.4) is 0 Å². The quantitative estimate of drug-likeness (QED) is 0.560. The smallest absolute Gasteiger partial charge is 0.237 e. The van der Waals surface area contributed by atoms with E-state index >= 15 is 0 Å². The average Bonchev–Trinajstić information content (AvgIpc) is 2.55. The van der Waals surface area contributed by atoms with Crippen molar-refractivity contribution in [3.63, 3.8) is 0 Å². The first kappa shape index (κ1) is 10.5. The number of nitrogens with two attached hydrogens (primary N) is 1. The third kappa shape index (κ3) is 2.97. The fraction of sp³-hybridized carbons (Fsp3) is 0.889. The molecule has 1 rings (SSSR count). The molecule has 1 atom stereocenters. The summed E-state index contributed by atoms with van der Waals surface area (Å²) in [6.45, 7) is 5.27. The van der Waals surface area contributed by atoms with Crippen LogP contribution in [-0.2, 0) is 4.79 Å². The van der Waals surface area contributed by atoms with Crippen LogP contribution in [0.5, 0.6) is 0 Å². The first-order valence-electron chi connectivity index (χ1n) is 4.81.